The number of benzene rings is 1. The topological polar surface area (TPSA) is 69.6 Å². The number of nitrogens with zero attached hydrogens (tertiary/aromatic N) is 1. The van der Waals surface area contributed by atoms with Crippen LogP contribution in [0.2, 0.25) is 0 Å². The van der Waals surface area contributed by atoms with Crippen molar-refractivity contribution in [3.8, 4) is 0 Å². The van der Waals surface area contributed by atoms with E-state index in [9.17, 15) is 14.0 Å². The second kappa shape index (κ2) is 5.66. The van der Waals surface area contributed by atoms with Crippen LogP contribution in [0.3, 0.4) is 0 Å². The van der Waals surface area contributed by atoms with Gasteiger partial charge in [-0.3, -0.25) is 4.79 Å². The van der Waals surface area contributed by atoms with Gasteiger partial charge in [0.1, 0.15) is 11.9 Å². The largest absolute Gasteiger partial charge is 0.480 e. The molecule has 2 rings (SSSR count). The van der Waals surface area contributed by atoms with Crippen molar-refractivity contribution >= 4 is 27.8 Å². The van der Waals surface area contributed by atoms with E-state index in [1.807, 2.05) is 0 Å². The number of rotatable bonds is 2. The molecule has 1 fully saturated rings. The third kappa shape index (κ3) is 2.93. The van der Waals surface area contributed by atoms with Crippen molar-refractivity contribution in [1.82, 2.24) is 10.2 Å². The molecular formula is C12H12BrFN2O3. The summed E-state index contributed by atoms with van der Waals surface area (Å²) in [6.07, 6.45) is 0. The minimum Gasteiger partial charge on any atom is -0.480 e. The van der Waals surface area contributed by atoms with Crippen molar-refractivity contribution in [3.63, 3.8) is 0 Å². The van der Waals surface area contributed by atoms with Gasteiger partial charge in [0.2, 0.25) is 0 Å². The predicted octanol–water partition coefficient (Wildman–Crippen LogP) is 1.09. The van der Waals surface area contributed by atoms with Gasteiger partial charge in [0.25, 0.3) is 5.91 Å². The van der Waals surface area contributed by atoms with Crippen LogP contribution >= 0.6 is 15.9 Å². The fourth-order valence-electron chi connectivity index (χ4n) is 1.96. The molecule has 0 aliphatic carbocycles. The average Bonchev–Trinajstić information content (AvgIpc) is 2.41. The number of carboxylic acid groups (broad SMARTS) is 1. The van der Waals surface area contributed by atoms with Crippen molar-refractivity contribution in [2.75, 3.05) is 19.6 Å². The third-order valence-corrected chi connectivity index (χ3v) is 3.56. The van der Waals surface area contributed by atoms with E-state index in [0.29, 0.717) is 13.1 Å². The molecule has 5 nitrogen and oxygen atoms in total. The van der Waals surface area contributed by atoms with Crippen molar-refractivity contribution < 1.29 is 19.1 Å². The summed E-state index contributed by atoms with van der Waals surface area (Å²) in [5.41, 5.74) is 0.265. The first-order valence-electron chi connectivity index (χ1n) is 5.70. The van der Waals surface area contributed by atoms with Gasteiger partial charge >= 0.3 is 5.97 Å². The maximum atomic E-state index is 13.1. The second-order valence-corrected chi connectivity index (χ2v) is 5.04. The molecule has 1 aliphatic rings. The zero-order chi connectivity index (χ0) is 14.0. The van der Waals surface area contributed by atoms with Crippen molar-refractivity contribution in [2.45, 2.75) is 6.04 Å². The number of halogens is 2. The van der Waals surface area contributed by atoms with Gasteiger partial charge in [-0.25, -0.2) is 9.18 Å². The first kappa shape index (κ1) is 14.0. The molecule has 0 radical (unpaired) electrons. The molecule has 0 spiro atoms. The molecule has 1 unspecified atom stereocenters. The normalized spacial score (nSPS) is 19.3. The van der Waals surface area contributed by atoms with Gasteiger partial charge in [0, 0.05) is 25.2 Å². The van der Waals surface area contributed by atoms with Crippen LogP contribution < -0.4 is 5.32 Å². The Balaban J connectivity index is 2.26. The van der Waals surface area contributed by atoms with E-state index in [1.165, 1.54) is 23.1 Å². The van der Waals surface area contributed by atoms with Crippen LogP contribution in [0.15, 0.2) is 22.7 Å². The molecule has 2 N–H and O–H groups in total. The highest BCUT2D eigenvalue weighted by atomic mass is 79.9. The van der Waals surface area contributed by atoms with E-state index >= 15 is 0 Å². The number of hydrogen-bond acceptors (Lipinski definition) is 3. The van der Waals surface area contributed by atoms with Gasteiger partial charge in [-0.2, -0.15) is 0 Å². The average molecular weight is 331 g/mol. The Morgan fingerprint density at radius 1 is 1.47 bits per heavy atom. The molecule has 1 heterocycles. The fraction of sp³-hybridized carbons (Fsp3) is 0.333. The van der Waals surface area contributed by atoms with Crippen LogP contribution in [0.25, 0.3) is 0 Å². The molecule has 1 atom stereocenters. The van der Waals surface area contributed by atoms with Gasteiger partial charge in [-0.1, -0.05) is 0 Å². The Hall–Kier alpha value is -1.47. The monoisotopic (exact) mass is 330 g/mol. The zero-order valence-electron chi connectivity index (χ0n) is 9.90. The summed E-state index contributed by atoms with van der Waals surface area (Å²) in [5.74, 6) is -1.93. The van der Waals surface area contributed by atoms with Crippen LogP contribution in [-0.2, 0) is 4.79 Å². The lowest BCUT2D eigenvalue weighted by molar-refractivity contribution is -0.142. The van der Waals surface area contributed by atoms with Gasteiger partial charge in [0.15, 0.2) is 0 Å². The molecular weight excluding hydrogens is 319 g/mol. The Morgan fingerprint density at radius 2 is 2.21 bits per heavy atom. The summed E-state index contributed by atoms with van der Waals surface area (Å²) < 4.78 is 13.3. The third-order valence-electron chi connectivity index (χ3n) is 2.96. The summed E-state index contributed by atoms with van der Waals surface area (Å²) in [7, 11) is 0. The van der Waals surface area contributed by atoms with E-state index in [2.05, 4.69) is 21.2 Å². The summed E-state index contributed by atoms with van der Waals surface area (Å²) >= 11 is 3.01. The van der Waals surface area contributed by atoms with Crippen molar-refractivity contribution in [2.24, 2.45) is 0 Å². The van der Waals surface area contributed by atoms with E-state index in [0.717, 1.165) is 0 Å². The van der Waals surface area contributed by atoms with E-state index in [4.69, 9.17) is 5.11 Å². The Labute approximate surface area is 117 Å². The molecule has 1 saturated heterocycles. The standard InChI is InChI=1S/C12H12BrFN2O3/c13-8-5-7(1-2-9(8)14)11(17)16-4-3-15-6-10(16)12(18)19/h1-2,5,10,15H,3-4,6H2,(H,18,19). The van der Waals surface area contributed by atoms with Crippen molar-refractivity contribution in [1.29, 1.82) is 0 Å². The molecule has 1 aromatic carbocycles. The number of carbonyl (C=O) groups excluding carboxylic acids is 1. The minimum atomic E-state index is -1.05. The van der Waals surface area contributed by atoms with Crippen molar-refractivity contribution in [3.05, 3.63) is 34.1 Å². The first-order chi connectivity index (χ1) is 9.00. The number of hydrogen-bond donors (Lipinski definition) is 2. The Kier molecular flexibility index (Phi) is 4.16. The Morgan fingerprint density at radius 3 is 2.84 bits per heavy atom. The van der Waals surface area contributed by atoms with Crippen LogP contribution in [0, 0.1) is 5.82 Å². The molecule has 0 aromatic heterocycles. The lowest BCUT2D eigenvalue weighted by Gasteiger charge is -2.33. The summed E-state index contributed by atoms with van der Waals surface area (Å²) in [6, 6.07) is 2.99. The fourth-order valence-corrected chi connectivity index (χ4v) is 2.34. The zero-order valence-corrected chi connectivity index (χ0v) is 11.5. The van der Waals surface area contributed by atoms with E-state index in [-0.39, 0.29) is 16.6 Å². The number of carboxylic acids is 1. The SMILES string of the molecule is O=C(O)C1CNCCN1C(=O)c1ccc(F)c(Br)c1. The molecule has 1 aliphatic heterocycles. The lowest BCUT2D eigenvalue weighted by atomic mass is 10.1. The summed E-state index contributed by atoms with van der Waals surface area (Å²) in [4.78, 5) is 24.7. The van der Waals surface area contributed by atoms with Crippen LogP contribution in [-0.4, -0.2) is 47.6 Å². The van der Waals surface area contributed by atoms with Crippen LogP contribution in [0.4, 0.5) is 4.39 Å². The van der Waals surface area contributed by atoms with Gasteiger partial charge in [0.05, 0.1) is 4.47 Å². The molecule has 0 bridgehead atoms. The van der Waals surface area contributed by atoms with Gasteiger partial charge in [-0.05, 0) is 34.1 Å². The molecule has 19 heavy (non-hydrogen) atoms. The minimum absolute atomic E-state index is 0.181. The smallest absolute Gasteiger partial charge is 0.327 e. The number of nitrogens with one attached hydrogen (secondary N) is 1. The molecule has 102 valence electrons. The van der Waals surface area contributed by atoms with E-state index < -0.39 is 23.7 Å². The second-order valence-electron chi connectivity index (χ2n) is 4.19. The summed E-state index contributed by atoms with van der Waals surface area (Å²) in [6.45, 7) is 1.06. The van der Waals surface area contributed by atoms with Gasteiger partial charge < -0.3 is 15.3 Å². The molecule has 1 aromatic rings. The van der Waals surface area contributed by atoms with Gasteiger partial charge in [-0.15, -0.1) is 0 Å². The highest BCUT2D eigenvalue weighted by Crippen LogP contribution is 2.19. The first-order valence-corrected chi connectivity index (χ1v) is 6.49. The maximum Gasteiger partial charge on any atom is 0.327 e. The number of piperazine rings is 1. The summed E-state index contributed by atoms with van der Waals surface area (Å²) in [5, 5.41) is 12.0. The highest BCUT2D eigenvalue weighted by Gasteiger charge is 2.32. The Bertz CT molecular complexity index is 524. The highest BCUT2D eigenvalue weighted by molar-refractivity contribution is 9.10. The number of aliphatic carboxylic acids is 1. The number of carbonyl (C=O) groups is 2. The molecule has 0 saturated carbocycles. The maximum absolute atomic E-state index is 13.1. The molecule has 7 heteroatoms. The van der Waals surface area contributed by atoms with E-state index in [1.54, 1.807) is 0 Å². The lowest BCUT2D eigenvalue weighted by Crippen LogP contribution is -2.56. The molecule has 1 amide bonds. The van der Waals surface area contributed by atoms with Crippen LogP contribution in [0.5, 0.6) is 0 Å². The number of amides is 1. The van der Waals surface area contributed by atoms with Crippen LogP contribution in [0.1, 0.15) is 10.4 Å². The predicted molar refractivity (Wildman–Crippen MR) is 69.4 cm³/mol. The quantitative estimate of drug-likeness (QED) is 0.851.